The summed E-state index contributed by atoms with van der Waals surface area (Å²) in [5.74, 6) is -0.637. The number of anilines is 2. The summed E-state index contributed by atoms with van der Waals surface area (Å²) in [4.78, 5) is 41.1. The number of nitrogens with one attached hydrogen (secondary N) is 1. The van der Waals surface area contributed by atoms with Crippen LogP contribution >= 0.6 is 0 Å². The molecule has 1 fully saturated rings. The molecule has 150 valence electrons. The molecular weight excluding hydrogens is 370 g/mol. The van der Waals surface area contributed by atoms with Crippen LogP contribution < -0.4 is 10.2 Å². The fourth-order valence-electron chi connectivity index (χ4n) is 3.96. The third-order valence-corrected chi connectivity index (χ3v) is 5.45. The lowest BCUT2D eigenvalue weighted by atomic mass is 10.0. The van der Waals surface area contributed by atoms with Crippen molar-refractivity contribution in [3.63, 3.8) is 0 Å². The summed E-state index contributed by atoms with van der Waals surface area (Å²) in [6.07, 6.45) is 1.98. The molecule has 1 N–H and O–H groups in total. The Morgan fingerprint density at radius 3 is 2.59 bits per heavy atom. The van der Waals surface area contributed by atoms with Gasteiger partial charge in [0.15, 0.2) is 0 Å². The van der Waals surface area contributed by atoms with Gasteiger partial charge in [-0.15, -0.1) is 0 Å². The highest BCUT2D eigenvalue weighted by atomic mass is 16.5. The number of esters is 1. The lowest BCUT2D eigenvalue weighted by Gasteiger charge is -2.40. The number of carbonyl (C=O) groups is 3. The van der Waals surface area contributed by atoms with E-state index in [1.54, 1.807) is 49.4 Å². The molecule has 2 aromatic carbocycles. The standard InChI is InChI=1S/C22H23N3O4/c1-3-29-22(28)14-6-9-16(10-7-14)23-20(26)15-8-11-17-18(13-15)24(2)19-5-4-12-25(19)21(17)27/h6-11,13,19H,3-5,12H2,1-2H3,(H,23,26)/t19-/m0/s1. The molecule has 0 spiro atoms. The van der Waals surface area contributed by atoms with Crippen LogP contribution in [0.3, 0.4) is 0 Å². The summed E-state index contributed by atoms with van der Waals surface area (Å²) in [6.45, 7) is 2.84. The van der Waals surface area contributed by atoms with Crippen molar-refractivity contribution in [1.29, 1.82) is 0 Å². The van der Waals surface area contributed by atoms with E-state index in [-0.39, 0.29) is 18.0 Å². The molecule has 2 amide bonds. The van der Waals surface area contributed by atoms with Crippen molar-refractivity contribution >= 4 is 29.2 Å². The Bertz CT molecular complexity index is 971. The molecule has 4 rings (SSSR count). The third kappa shape index (κ3) is 3.44. The SMILES string of the molecule is CCOC(=O)c1ccc(NC(=O)c2ccc3c(c2)N(C)[C@@H]2CCCN2C3=O)cc1. The van der Waals surface area contributed by atoms with Gasteiger partial charge in [0.1, 0.15) is 6.17 Å². The zero-order chi connectivity index (χ0) is 20.5. The molecule has 29 heavy (non-hydrogen) atoms. The summed E-state index contributed by atoms with van der Waals surface area (Å²) in [5.41, 5.74) is 2.89. The van der Waals surface area contributed by atoms with Crippen molar-refractivity contribution < 1.29 is 19.1 Å². The number of hydrogen-bond donors (Lipinski definition) is 1. The van der Waals surface area contributed by atoms with Gasteiger partial charge >= 0.3 is 5.97 Å². The number of fused-ring (bicyclic) bond motifs is 2. The first-order valence-electron chi connectivity index (χ1n) is 9.76. The molecule has 0 radical (unpaired) electrons. The van der Waals surface area contributed by atoms with Crippen LogP contribution in [0.15, 0.2) is 42.5 Å². The lowest BCUT2D eigenvalue weighted by molar-refractivity contribution is 0.0526. The zero-order valence-electron chi connectivity index (χ0n) is 16.5. The minimum atomic E-state index is -0.395. The van der Waals surface area contributed by atoms with Crippen molar-refractivity contribution in [2.45, 2.75) is 25.9 Å². The molecule has 0 aromatic heterocycles. The molecule has 0 unspecified atom stereocenters. The Labute approximate surface area is 169 Å². The molecule has 2 aliphatic heterocycles. The van der Waals surface area contributed by atoms with Gasteiger partial charge in [0.05, 0.1) is 23.4 Å². The van der Waals surface area contributed by atoms with E-state index in [0.717, 1.165) is 25.1 Å². The van der Waals surface area contributed by atoms with Crippen LogP contribution in [0.5, 0.6) is 0 Å². The first kappa shape index (κ1) is 19.0. The van der Waals surface area contributed by atoms with Crippen LogP contribution in [0.1, 0.15) is 50.8 Å². The minimum absolute atomic E-state index is 0.0297. The Morgan fingerprint density at radius 2 is 1.86 bits per heavy atom. The normalized spacial score (nSPS) is 17.6. The average molecular weight is 393 g/mol. The quantitative estimate of drug-likeness (QED) is 0.808. The highest BCUT2D eigenvalue weighted by Gasteiger charge is 2.38. The number of benzene rings is 2. The second-order valence-electron chi connectivity index (χ2n) is 7.22. The fraction of sp³-hybridized carbons (Fsp3) is 0.318. The molecule has 1 saturated heterocycles. The van der Waals surface area contributed by atoms with Gasteiger partial charge < -0.3 is 19.9 Å². The van der Waals surface area contributed by atoms with Gasteiger partial charge in [-0.05, 0) is 62.2 Å². The van der Waals surface area contributed by atoms with Crippen LogP contribution in [-0.4, -0.2) is 49.0 Å². The van der Waals surface area contributed by atoms with Crippen molar-refractivity contribution in [1.82, 2.24) is 4.90 Å². The van der Waals surface area contributed by atoms with E-state index in [0.29, 0.717) is 29.0 Å². The third-order valence-electron chi connectivity index (χ3n) is 5.45. The molecule has 0 bridgehead atoms. The highest BCUT2D eigenvalue weighted by molar-refractivity contribution is 6.08. The molecular formula is C22H23N3O4. The van der Waals surface area contributed by atoms with Gasteiger partial charge in [0.25, 0.3) is 11.8 Å². The predicted molar refractivity (Wildman–Crippen MR) is 109 cm³/mol. The van der Waals surface area contributed by atoms with E-state index in [9.17, 15) is 14.4 Å². The average Bonchev–Trinajstić information content (AvgIpc) is 3.23. The number of ether oxygens (including phenoxy) is 1. The number of amides is 2. The van der Waals surface area contributed by atoms with Crippen LogP contribution in [0, 0.1) is 0 Å². The fourth-order valence-corrected chi connectivity index (χ4v) is 3.96. The van der Waals surface area contributed by atoms with E-state index in [4.69, 9.17) is 4.74 Å². The second-order valence-corrected chi connectivity index (χ2v) is 7.22. The van der Waals surface area contributed by atoms with Crippen molar-refractivity contribution in [3.8, 4) is 0 Å². The molecule has 7 heteroatoms. The van der Waals surface area contributed by atoms with Gasteiger partial charge in [-0.1, -0.05) is 0 Å². The minimum Gasteiger partial charge on any atom is -0.462 e. The summed E-state index contributed by atoms with van der Waals surface area (Å²) in [7, 11) is 1.96. The van der Waals surface area contributed by atoms with Gasteiger partial charge in [-0.3, -0.25) is 9.59 Å². The molecule has 2 aliphatic rings. The summed E-state index contributed by atoms with van der Waals surface area (Å²) in [5, 5.41) is 2.83. The summed E-state index contributed by atoms with van der Waals surface area (Å²) < 4.78 is 4.96. The maximum Gasteiger partial charge on any atom is 0.338 e. The molecule has 1 atom stereocenters. The predicted octanol–water partition coefficient (Wildman–Crippen LogP) is 3.13. The molecule has 7 nitrogen and oxygen atoms in total. The molecule has 2 heterocycles. The smallest absolute Gasteiger partial charge is 0.338 e. The van der Waals surface area contributed by atoms with E-state index in [1.165, 1.54) is 0 Å². The Morgan fingerprint density at radius 1 is 1.14 bits per heavy atom. The highest BCUT2D eigenvalue weighted by Crippen LogP contribution is 2.35. The largest absolute Gasteiger partial charge is 0.462 e. The first-order chi connectivity index (χ1) is 14.0. The van der Waals surface area contributed by atoms with Crippen molar-refractivity contribution in [2.24, 2.45) is 0 Å². The van der Waals surface area contributed by atoms with Crippen LogP contribution in [-0.2, 0) is 4.74 Å². The van der Waals surface area contributed by atoms with Crippen molar-refractivity contribution in [2.75, 3.05) is 30.4 Å². The van der Waals surface area contributed by atoms with Gasteiger partial charge in [0.2, 0.25) is 0 Å². The van der Waals surface area contributed by atoms with E-state index in [1.807, 2.05) is 11.9 Å². The number of rotatable bonds is 4. The Kier molecular flexibility index (Phi) is 4.96. The number of carbonyl (C=O) groups excluding carboxylic acids is 3. The summed E-state index contributed by atoms with van der Waals surface area (Å²) >= 11 is 0. The second kappa shape index (κ2) is 7.58. The summed E-state index contributed by atoms with van der Waals surface area (Å²) in [6, 6.07) is 11.7. The first-order valence-corrected chi connectivity index (χ1v) is 9.76. The maximum atomic E-state index is 12.7. The van der Waals surface area contributed by atoms with E-state index in [2.05, 4.69) is 10.2 Å². The number of hydrogen-bond acceptors (Lipinski definition) is 5. The van der Waals surface area contributed by atoms with Crippen LogP contribution in [0.25, 0.3) is 0 Å². The van der Waals surface area contributed by atoms with Crippen LogP contribution in [0.2, 0.25) is 0 Å². The monoisotopic (exact) mass is 393 g/mol. The maximum absolute atomic E-state index is 12.7. The Balaban J connectivity index is 1.52. The lowest BCUT2D eigenvalue weighted by Crippen LogP contribution is -2.50. The molecule has 0 aliphatic carbocycles. The zero-order valence-corrected chi connectivity index (χ0v) is 16.5. The van der Waals surface area contributed by atoms with E-state index < -0.39 is 5.97 Å². The van der Waals surface area contributed by atoms with E-state index >= 15 is 0 Å². The topological polar surface area (TPSA) is 79.0 Å². The van der Waals surface area contributed by atoms with Crippen LogP contribution in [0.4, 0.5) is 11.4 Å². The number of nitrogens with zero attached hydrogens (tertiary/aromatic N) is 2. The van der Waals surface area contributed by atoms with Gasteiger partial charge in [-0.25, -0.2) is 4.79 Å². The van der Waals surface area contributed by atoms with Gasteiger partial charge in [-0.2, -0.15) is 0 Å². The Hall–Kier alpha value is -3.35. The molecule has 2 aromatic rings. The molecule has 0 saturated carbocycles. The van der Waals surface area contributed by atoms with Gasteiger partial charge in [0, 0.05) is 24.8 Å². The van der Waals surface area contributed by atoms with Crippen molar-refractivity contribution in [3.05, 3.63) is 59.2 Å².